The van der Waals surface area contributed by atoms with Gasteiger partial charge in [0.15, 0.2) is 0 Å². The molecule has 1 saturated heterocycles. The Morgan fingerprint density at radius 1 is 1.02 bits per heavy atom. The third kappa shape index (κ3) is 5.80. The van der Waals surface area contributed by atoms with Crippen LogP contribution in [0.25, 0.3) is 5.69 Å². The first kappa shape index (κ1) is 28.1. The average Bonchev–Trinajstić information content (AvgIpc) is 3.71. The molecular formula is C29H24Cl2F2N6O3. The molecule has 0 N–H and O–H groups in total. The van der Waals surface area contributed by atoms with Crippen molar-refractivity contribution in [3.8, 4) is 11.4 Å². The minimum atomic E-state index is -1.12. The first-order valence-corrected chi connectivity index (χ1v) is 13.8. The largest absolute Gasteiger partial charge is 0.489 e. The van der Waals surface area contributed by atoms with E-state index < -0.39 is 17.2 Å². The molecule has 0 amide bonds. The Bertz CT molecular complexity index is 1760. The zero-order valence-electron chi connectivity index (χ0n) is 22.0. The van der Waals surface area contributed by atoms with Crippen LogP contribution in [0.4, 0.5) is 8.78 Å². The van der Waals surface area contributed by atoms with Crippen molar-refractivity contribution in [1.29, 1.82) is 0 Å². The number of aromatic nitrogens is 6. The van der Waals surface area contributed by atoms with Crippen LogP contribution >= 0.6 is 23.2 Å². The topological polar surface area (TPSA) is 89.0 Å². The summed E-state index contributed by atoms with van der Waals surface area (Å²) in [7, 11) is 0. The minimum absolute atomic E-state index is 0.172. The van der Waals surface area contributed by atoms with E-state index in [0.29, 0.717) is 27.9 Å². The molecule has 9 nitrogen and oxygen atoms in total. The number of hydrogen-bond donors (Lipinski definition) is 0. The first-order chi connectivity index (χ1) is 20.3. The van der Waals surface area contributed by atoms with Gasteiger partial charge in [0, 0.05) is 33.2 Å². The SMILES string of the molecule is O=c1n(-c2ccc(OCc3ccc(Cl)cc3Cl)cc2)cnn1C[C@@H]1CO[C@@](Cn2cncn2)(c2ccc(F)cc2F)C1. The summed E-state index contributed by atoms with van der Waals surface area (Å²) in [6.45, 7) is 0.927. The Labute approximate surface area is 248 Å². The lowest BCUT2D eigenvalue weighted by molar-refractivity contribution is -0.0205. The number of nitrogens with zero attached hydrogens (tertiary/aromatic N) is 6. The number of ether oxygens (including phenoxy) is 2. The van der Waals surface area contributed by atoms with Gasteiger partial charge in [-0.25, -0.2) is 32.5 Å². The molecule has 2 aromatic heterocycles. The standard InChI is InChI=1S/C29H24Cl2F2N6O3/c30-21-2-1-20(26(31)9-21)14-41-24-6-4-23(5-7-24)38-18-36-39(28(38)40)12-19-11-29(42-13-19,15-37-17-34-16-35-37)25-8-3-22(32)10-27(25)33/h1-10,16-19H,11-15H2/t19-,29+/m1/s1. The highest BCUT2D eigenvalue weighted by Crippen LogP contribution is 2.42. The van der Waals surface area contributed by atoms with E-state index in [9.17, 15) is 13.6 Å². The van der Waals surface area contributed by atoms with Crippen LogP contribution in [0.15, 0.2) is 84.4 Å². The number of halogens is 4. The van der Waals surface area contributed by atoms with E-state index in [1.54, 1.807) is 47.1 Å². The summed E-state index contributed by atoms with van der Waals surface area (Å²) in [5, 5.41) is 9.50. The van der Waals surface area contributed by atoms with Crippen LogP contribution in [-0.2, 0) is 30.0 Å². The zero-order valence-corrected chi connectivity index (χ0v) is 23.6. The maximum Gasteiger partial charge on any atom is 0.350 e. The second-order valence-corrected chi connectivity index (χ2v) is 10.9. The molecule has 2 atom stereocenters. The fraction of sp³-hybridized carbons (Fsp3) is 0.241. The molecule has 0 aliphatic carbocycles. The lowest BCUT2D eigenvalue weighted by Crippen LogP contribution is -2.33. The molecule has 3 heterocycles. The van der Waals surface area contributed by atoms with Gasteiger partial charge in [0.25, 0.3) is 0 Å². The smallest absolute Gasteiger partial charge is 0.350 e. The Hall–Kier alpha value is -4.06. The zero-order chi connectivity index (χ0) is 29.3. The van der Waals surface area contributed by atoms with Gasteiger partial charge in [0.1, 0.15) is 48.6 Å². The summed E-state index contributed by atoms with van der Waals surface area (Å²) in [5.74, 6) is -0.954. The van der Waals surface area contributed by atoms with Crippen molar-refractivity contribution in [2.75, 3.05) is 6.61 Å². The normalized spacial score (nSPS) is 18.4. The molecule has 1 fully saturated rings. The molecule has 1 aliphatic heterocycles. The molecule has 6 rings (SSSR count). The van der Waals surface area contributed by atoms with Crippen LogP contribution < -0.4 is 10.4 Å². The predicted molar refractivity (Wildman–Crippen MR) is 151 cm³/mol. The molecular weight excluding hydrogens is 589 g/mol. The molecule has 3 aromatic carbocycles. The van der Waals surface area contributed by atoms with E-state index >= 15 is 0 Å². The third-order valence-corrected chi connectivity index (χ3v) is 7.80. The monoisotopic (exact) mass is 612 g/mol. The quantitative estimate of drug-likeness (QED) is 0.221. The minimum Gasteiger partial charge on any atom is -0.489 e. The molecule has 0 spiro atoms. The van der Waals surface area contributed by atoms with Gasteiger partial charge in [0.2, 0.25) is 0 Å². The van der Waals surface area contributed by atoms with Crippen LogP contribution in [0.2, 0.25) is 10.0 Å². The second-order valence-electron chi connectivity index (χ2n) is 10.1. The molecule has 0 saturated carbocycles. The van der Waals surface area contributed by atoms with Gasteiger partial charge in [-0.15, -0.1) is 0 Å². The van der Waals surface area contributed by atoms with Crippen LogP contribution in [0.3, 0.4) is 0 Å². The van der Waals surface area contributed by atoms with E-state index in [-0.39, 0.29) is 43.5 Å². The summed E-state index contributed by atoms with van der Waals surface area (Å²) in [5.41, 5.74) is 0.179. The summed E-state index contributed by atoms with van der Waals surface area (Å²) in [6.07, 6.45) is 4.69. The van der Waals surface area contributed by atoms with E-state index in [4.69, 9.17) is 32.7 Å². The number of benzene rings is 3. The Balaban J connectivity index is 1.15. The Morgan fingerprint density at radius 3 is 2.60 bits per heavy atom. The van der Waals surface area contributed by atoms with Crippen LogP contribution in [0, 0.1) is 17.6 Å². The van der Waals surface area contributed by atoms with Gasteiger partial charge < -0.3 is 9.47 Å². The summed E-state index contributed by atoms with van der Waals surface area (Å²) in [4.78, 5) is 17.2. The Kier molecular flexibility index (Phi) is 7.80. The van der Waals surface area contributed by atoms with Gasteiger partial charge >= 0.3 is 5.69 Å². The van der Waals surface area contributed by atoms with Gasteiger partial charge in [0.05, 0.1) is 25.4 Å². The first-order valence-electron chi connectivity index (χ1n) is 13.0. The average molecular weight is 613 g/mol. The van der Waals surface area contributed by atoms with E-state index in [1.807, 2.05) is 0 Å². The number of rotatable bonds is 9. The predicted octanol–water partition coefficient (Wildman–Crippen LogP) is 5.42. The van der Waals surface area contributed by atoms with Gasteiger partial charge in [-0.1, -0.05) is 35.3 Å². The lowest BCUT2D eigenvalue weighted by Gasteiger charge is -2.29. The van der Waals surface area contributed by atoms with E-state index in [2.05, 4.69) is 15.2 Å². The highest BCUT2D eigenvalue weighted by atomic mass is 35.5. The highest BCUT2D eigenvalue weighted by molar-refractivity contribution is 6.35. The molecule has 5 aromatic rings. The van der Waals surface area contributed by atoms with Gasteiger partial charge in [-0.2, -0.15) is 10.2 Å². The third-order valence-electron chi connectivity index (χ3n) is 7.21. The summed E-state index contributed by atoms with van der Waals surface area (Å²) < 4.78 is 44.9. The fourth-order valence-electron chi connectivity index (χ4n) is 5.18. The van der Waals surface area contributed by atoms with Crippen LogP contribution in [0.1, 0.15) is 17.5 Å². The van der Waals surface area contributed by atoms with Crippen molar-refractivity contribution in [3.05, 3.63) is 123 Å². The van der Waals surface area contributed by atoms with Gasteiger partial charge in [-0.3, -0.25) is 0 Å². The lowest BCUT2D eigenvalue weighted by atomic mass is 9.86. The summed E-state index contributed by atoms with van der Waals surface area (Å²) in [6, 6.07) is 15.7. The maximum atomic E-state index is 14.9. The molecule has 0 unspecified atom stereocenters. The highest BCUT2D eigenvalue weighted by Gasteiger charge is 2.44. The molecule has 0 radical (unpaired) electrons. The summed E-state index contributed by atoms with van der Waals surface area (Å²) >= 11 is 12.2. The van der Waals surface area contributed by atoms with E-state index in [0.717, 1.165) is 11.6 Å². The van der Waals surface area contributed by atoms with Crippen molar-refractivity contribution < 1.29 is 18.3 Å². The maximum absolute atomic E-state index is 14.9. The molecule has 42 heavy (non-hydrogen) atoms. The van der Waals surface area contributed by atoms with Crippen molar-refractivity contribution in [1.82, 2.24) is 29.1 Å². The van der Waals surface area contributed by atoms with Crippen molar-refractivity contribution >= 4 is 23.2 Å². The van der Waals surface area contributed by atoms with Crippen molar-refractivity contribution in [2.24, 2.45) is 5.92 Å². The molecule has 1 aliphatic rings. The molecule has 13 heteroatoms. The van der Waals surface area contributed by atoms with E-state index in [1.165, 1.54) is 40.4 Å². The number of hydrogen-bond acceptors (Lipinski definition) is 6. The van der Waals surface area contributed by atoms with Crippen LogP contribution in [-0.4, -0.2) is 35.7 Å². The molecule has 0 bridgehead atoms. The van der Waals surface area contributed by atoms with Crippen LogP contribution in [0.5, 0.6) is 5.75 Å². The fourth-order valence-corrected chi connectivity index (χ4v) is 5.65. The van der Waals surface area contributed by atoms with Crippen molar-refractivity contribution in [3.63, 3.8) is 0 Å². The molecule has 216 valence electrons. The van der Waals surface area contributed by atoms with Crippen molar-refractivity contribution in [2.45, 2.75) is 31.7 Å². The second kappa shape index (κ2) is 11.7. The Morgan fingerprint density at radius 2 is 1.86 bits per heavy atom. The van der Waals surface area contributed by atoms with Gasteiger partial charge in [-0.05, 0) is 48.9 Å².